The van der Waals surface area contributed by atoms with Crippen LogP contribution in [0.1, 0.15) is 12.0 Å². The second-order valence-corrected chi connectivity index (χ2v) is 5.53. The number of ether oxygens (including phenoxy) is 1. The number of hydrogen-bond donors (Lipinski definition) is 1. The van der Waals surface area contributed by atoms with Crippen LogP contribution in [0, 0.1) is 0 Å². The Labute approximate surface area is 122 Å². The number of hydrogen-bond acceptors (Lipinski definition) is 4. The van der Waals surface area contributed by atoms with E-state index in [-0.39, 0.29) is 0 Å². The predicted octanol–water partition coefficient (Wildman–Crippen LogP) is 1.20. The summed E-state index contributed by atoms with van der Waals surface area (Å²) in [6.45, 7) is 7.17. The summed E-state index contributed by atoms with van der Waals surface area (Å²) in [4.78, 5) is 4.89. The molecule has 1 saturated heterocycles. The Morgan fingerprint density at radius 2 is 1.90 bits per heavy atom. The molecule has 0 bridgehead atoms. The fraction of sp³-hybridized carbons (Fsp3) is 0.625. The molecule has 4 nitrogen and oxygen atoms in total. The standard InChI is InChI=1S/C16H27N3O/c1-18-9-2-10-19(12-11-18)13-14-20-16-5-3-15(4-6-16)7-8-17/h3-6H,2,7-14,17H2,1H3. The Bertz CT molecular complexity index is 380. The van der Waals surface area contributed by atoms with Gasteiger partial charge in [0.25, 0.3) is 0 Å². The van der Waals surface area contributed by atoms with E-state index in [1.807, 2.05) is 12.1 Å². The maximum atomic E-state index is 5.82. The van der Waals surface area contributed by atoms with Crippen molar-refractivity contribution in [3.63, 3.8) is 0 Å². The number of nitrogens with two attached hydrogens (primary N) is 1. The summed E-state index contributed by atoms with van der Waals surface area (Å²) in [5, 5.41) is 0. The lowest BCUT2D eigenvalue weighted by molar-refractivity contribution is 0.212. The summed E-state index contributed by atoms with van der Waals surface area (Å²) in [6.07, 6.45) is 2.19. The zero-order valence-corrected chi connectivity index (χ0v) is 12.6. The number of benzene rings is 1. The van der Waals surface area contributed by atoms with Gasteiger partial charge in [-0.05, 0) is 57.2 Å². The first-order chi connectivity index (χ1) is 9.78. The van der Waals surface area contributed by atoms with E-state index in [9.17, 15) is 0 Å². The van der Waals surface area contributed by atoms with E-state index in [0.29, 0.717) is 6.54 Å². The van der Waals surface area contributed by atoms with Gasteiger partial charge in [0.1, 0.15) is 12.4 Å². The van der Waals surface area contributed by atoms with E-state index < -0.39 is 0 Å². The fourth-order valence-corrected chi connectivity index (χ4v) is 2.54. The molecule has 1 aliphatic rings. The van der Waals surface area contributed by atoms with Crippen molar-refractivity contribution in [1.29, 1.82) is 0 Å². The first-order valence-electron chi connectivity index (χ1n) is 7.60. The number of rotatable bonds is 6. The molecular formula is C16H27N3O. The summed E-state index contributed by atoms with van der Waals surface area (Å²) in [5.41, 5.74) is 6.82. The molecule has 1 heterocycles. The van der Waals surface area contributed by atoms with Gasteiger partial charge in [-0.1, -0.05) is 12.1 Å². The molecule has 0 atom stereocenters. The summed E-state index contributed by atoms with van der Waals surface area (Å²) in [5.74, 6) is 0.956. The summed E-state index contributed by atoms with van der Waals surface area (Å²) in [6, 6.07) is 8.29. The predicted molar refractivity (Wildman–Crippen MR) is 83.2 cm³/mol. The van der Waals surface area contributed by atoms with Gasteiger partial charge in [0.05, 0.1) is 0 Å². The quantitative estimate of drug-likeness (QED) is 0.848. The highest BCUT2D eigenvalue weighted by molar-refractivity contribution is 5.27. The Morgan fingerprint density at radius 3 is 2.65 bits per heavy atom. The molecule has 1 fully saturated rings. The molecule has 1 aromatic rings. The van der Waals surface area contributed by atoms with Crippen molar-refractivity contribution in [2.45, 2.75) is 12.8 Å². The van der Waals surface area contributed by atoms with Gasteiger partial charge in [-0.25, -0.2) is 0 Å². The van der Waals surface area contributed by atoms with Crippen LogP contribution in [0.25, 0.3) is 0 Å². The van der Waals surface area contributed by atoms with Gasteiger partial charge in [-0.2, -0.15) is 0 Å². The van der Waals surface area contributed by atoms with Crippen molar-refractivity contribution in [1.82, 2.24) is 9.80 Å². The lowest BCUT2D eigenvalue weighted by Crippen LogP contribution is -2.32. The summed E-state index contributed by atoms with van der Waals surface area (Å²) >= 11 is 0. The van der Waals surface area contributed by atoms with Crippen LogP contribution in [-0.4, -0.2) is 62.7 Å². The van der Waals surface area contributed by atoms with Gasteiger partial charge in [-0.3, -0.25) is 4.90 Å². The minimum absolute atomic E-state index is 0.698. The van der Waals surface area contributed by atoms with Crippen LogP contribution in [0.3, 0.4) is 0 Å². The van der Waals surface area contributed by atoms with Crippen LogP contribution in [0.15, 0.2) is 24.3 Å². The van der Waals surface area contributed by atoms with Crippen LogP contribution in [0.4, 0.5) is 0 Å². The SMILES string of the molecule is CN1CCCN(CCOc2ccc(CCN)cc2)CC1. The third-order valence-electron chi connectivity index (χ3n) is 3.84. The summed E-state index contributed by atoms with van der Waals surface area (Å²) < 4.78 is 5.82. The molecular weight excluding hydrogens is 250 g/mol. The average molecular weight is 277 g/mol. The number of nitrogens with zero attached hydrogens (tertiary/aromatic N) is 2. The minimum Gasteiger partial charge on any atom is -0.492 e. The van der Waals surface area contributed by atoms with Gasteiger partial charge < -0.3 is 15.4 Å². The molecule has 0 unspecified atom stereocenters. The van der Waals surface area contributed by atoms with Gasteiger partial charge in [0.2, 0.25) is 0 Å². The maximum absolute atomic E-state index is 5.82. The Kier molecular flexibility index (Phi) is 6.30. The van der Waals surface area contributed by atoms with Crippen molar-refractivity contribution < 1.29 is 4.74 Å². The molecule has 2 N–H and O–H groups in total. The lowest BCUT2D eigenvalue weighted by Gasteiger charge is -2.20. The van der Waals surface area contributed by atoms with Crippen LogP contribution in [0.5, 0.6) is 5.75 Å². The third kappa shape index (κ3) is 5.12. The second-order valence-electron chi connectivity index (χ2n) is 5.53. The van der Waals surface area contributed by atoms with Gasteiger partial charge in [0.15, 0.2) is 0 Å². The highest BCUT2D eigenvalue weighted by Gasteiger charge is 2.11. The van der Waals surface area contributed by atoms with Gasteiger partial charge >= 0.3 is 0 Å². The molecule has 0 spiro atoms. The molecule has 0 saturated carbocycles. The van der Waals surface area contributed by atoms with E-state index in [2.05, 4.69) is 29.0 Å². The second kappa shape index (κ2) is 8.25. The van der Waals surface area contributed by atoms with Crippen molar-refractivity contribution in [3.8, 4) is 5.75 Å². The van der Waals surface area contributed by atoms with Crippen molar-refractivity contribution >= 4 is 0 Å². The largest absolute Gasteiger partial charge is 0.492 e. The van der Waals surface area contributed by atoms with Crippen LogP contribution >= 0.6 is 0 Å². The molecule has 2 rings (SSSR count). The molecule has 0 amide bonds. The first-order valence-corrected chi connectivity index (χ1v) is 7.60. The number of likely N-dealkylation sites (N-methyl/N-ethyl adjacent to an activating group) is 1. The van der Waals surface area contributed by atoms with Crippen molar-refractivity contribution in [3.05, 3.63) is 29.8 Å². The summed E-state index contributed by atoms with van der Waals surface area (Å²) in [7, 11) is 2.20. The zero-order valence-electron chi connectivity index (χ0n) is 12.6. The molecule has 4 heteroatoms. The zero-order chi connectivity index (χ0) is 14.2. The van der Waals surface area contributed by atoms with Gasteiger partial charge in [0, 0.05) is 19.6 Å². The van der Waals surface area contributed by atoms with Crippen molar-refractivity contribution in [2.75, 3.05) is 52.9 Å². The monoisotopic (exact) mass is 277 g/mol. The average Bonchev–Trinajstić information content (AvgIpc) is 2.66. The van der Waals surface area contributed by atoms with Crippen molar-refractivity contribution in [2.24, 2.45) is 5.73 Å². The van der Waals surface area contributed by atoms with E-state index in [0.717, 1.165) is 38.4 Å². The smallest absolute Gasteiger partial charge is 0.119 e. The van der Waals surface area contributed by atoms with E-state index >= 15 is 0 Å². The highest BCUT2D eigenvalue weighted by atomic mass is 16.5. The first kappa shape index (κ1) is 15.3. The molecule has 1 aliphatic heterocycles. The van der Waals surface area contributed by atoms with E-state index in [1.54, 1.807) is 0 Å². The topological polar surface area (TPSA) is 41.7 Å². The molecule has 0 radical (unpaired) electrons. The molecule has 0 aromatic heterocycles. The lowest BCUT2D eigenvalue weighted by atomic mass is 10.1. The Balaban J connectivity index is 1.69. The molecule has 0 aliphatic carbocycles. The van der Waals surface area contributed by atoms with E-state index in [1.165, 1.54) is 25.1 Å². The highest BCUT2D eigenvalue weighted by Crippen LogP contribution is 2.12. The van der Waals surface area contributed by atoms with Crippen LogP contribution < -0.4 is 10.5 Å². The molecule has 20 heavy (non-hydrogen) atoms. The minimum atomic E-state index is 0.698. The maximum Gasteiger partial charge on any atom is 0.119 e. The Morgan fingerprint density at radius 1 is 1.10 bits per heavy atom. The van der Waals surface area contributed by atoms with E-state index in [4.69, 9.17) is 10.5 Å². The fourth-order valence-electron chi connectivity index (χ4n) is 2.54. The van der Waals surface area contributed by atoms with Gasteiger partial charge in [-0.15, -0.1) is 0 Å². The molecule has 112 valence electrons. The van der Waals surface area contributed by atoms with Crippen LogP contribution in [-0.2, 0) is 6.42 Å². The molecule has 1 aromatic carbocycles. The third-order valence-corrected chi connectivity index (χ3v) is 3.84. The van der Waals surface area contributed by atoms with Crippen LogP contribution in [0.2, 0.25) is 0 Å². The Hall–Kier alpha value is -1.10. The normalized spacial score (nSPS) is 17.9.